The molecule has 20 heavy (non-hydrogen) atoms. The van der Waals surface area contributed by atoms with Crippen LogP contribution in [0, 0.1) is 5.92 Å². The predicted molar refractivity (Wildman–Crippen MR) is 73.6 cm³/mol. The van der Waals surface area contributed by atoms with Crippen molar-refractivity contribution in [1.29, 1.82) is 0 Å². The maximum absolute atomic E-state index is 12.6. The van der Waals surface area contributed by atoms with Crippen LogP contribution in [-0.4, -0.2) is 24.5 Å². The van der Waals surface area contributed by atoms with Gasteiger partial charge in [0.15, 0.2) is 11.5 Å². The van der Waals surface area contributed by atoms with Crippen molar-refractivity contribution >= 4 is 17.3 Å². The van der Waals surface area contributed by atoms with Crippen molar-refractivity contribution in [3.05, 3.63) is 46.7 Å². The van der Waals surface area contributed by atoms with Crippen molar-refractivity contribution in [2.45, 2.75) is 20.3 Å². The zero-order valence-corrected chi connectivity index (χ0v) is 11.7. The Bertz CT molecular complexity index is 625. The largest absolute Gasteiger partial charge is 0.492 e. The van der Waals surface area contributed by atoms with E-state index in [1.54, 1.807) is 31.2 Å². The minimum Gasteiger partial charge on any atom is -0.492 e. The lowest BCUT2D eigenvalue weighted by atomic mass is 9.81. The van der Waals surface area contributed by atoms with Crippen LogP contribution in [0.4, 0.5) is 0 Å². The third-order valence-corrected chi connectivity index (χ3v) is 3.40. The number of fused-ring (bicyclic) bond motifs is 1. The molecule has 0 aliphatic heterocycles. The zero-order chi connectivity index (χ0) is 14.9. The first-order valence-corrected chi connectivity index (χ1v) is 6.43. The van der Waals surface area contributed by atoms with Gasteiger partial charge in [0.2, 0.25) is 5.78 Å². The molecule has 0 fully saturated rings. The van der Waals surface area contributed by atoms with E-state index in [2.05, 4.69) is 0 Å². The number of carbonyl (C=O) groups excluding carboxylic acids is 3. The number of hydrogen-bond donors (Lipinski definition) is 0. The fourth-order valence-corrected chi connectivity index (χ4v) is 2.56. The van der Waals surface area contributed by atoms with E-state index in [1.165, 1.54) is 14.0 Å². The van der Waals surface area contributed by atoms with Gasteiger partial charge in [-0.2, -0.15) is 0 Å². The summed E-state index contributed by atoms with van der Waals surface area (Å²) < 4.78 is 5.14. The van der Waals surface area contributed by atoms with Crippen LogP contribution in [0.1, 0.15) is 41.0 Å². The van der Waals surface area contributed by atoms with Gasteiger partial charge in [0.1, 0.15) is 5.78 Å². The Morgan fingerprint density at radius 2 is 1.70 bits per heavy atom. The van der Waals surface area contributed by atoms with E-state index in [4.69, 9.17) is 4.74 Å². The third-order valence-electron chi connectivity index (χ3n) is 3.40. The smallest absolute Gasteiger partial charge is 0.228 e. The Balaban J connectivity index is 2.56. The van der Waals surface area contributed by atoms with Crippen LogP contribution in [0.5, 0.6) is 0 Å². The fourth-order valence-electron chi connectivity index (χ4n) is 2.56. The van der Waals surface area contributed by atoms with Gasteiger partial charge >= 0.3 is 0 Å². The molecule has 0 saturated carbocycles. The average molecular weight is 272 g/mol. The van der Waals surface area contributed by atoms with Crippen LogP contribution in [0.2, 0.25) is 0 Å². The summed E-state index contributed by atoms with van der Waals surface area (Å²) in [4.78, 5) is 36.2. The highest BCUT2D eigenvalue weighted by Gasteiger charge is 2.35. The van der Waals surface area contributed by atoms with Gasteiger partial charge in [0, 0.05) is 23.1 Å². The predicted octanol–water partition coefficient (Wildman–Crippen LogP) is 2.58. The maximum atomic E-state index is 12.6. The lowest BCUT2D eigenvalue weighted by Gasteiger charge is -2.23. The maximum Gasteiger partial charge on any atom is 0.228 e. The van der Waals surface area contributed by atoms with Gasteiger partial charge in [-0.1, -0.05) is 31.2 Å². The van der Waals surface area contributed by atoms with Gasteiger partial charge in [-0.3, -0.25) is 9.59 Å². The van der Waals surface area contributed by atoms with Crippen molar-refractivity contribution in [2.75, 3.05) is 7.11 Å². The molecule has 4 heteroatoms. The summed E-state index contributed by atoms with van der Waals surface area (Å²) in [5, 5.41) is 0. The molecule has 1 atom stereocenters. The number of Topliss-reactive ketones (excluding diaryl/α,β-unsaturated/α-hetero) is 3. The molecule has 0 N–H and O–H groups in total. The lowest BCUT2D eigenvalue weighted by Crippen LogP contribution is -2.27. The Morgan fingerprint density at radius 1 is 1.15 bits per heavy atom. The number of carbonyl (C=O) groups is 3. The van der Waals surface area contributed by atoms with Crippen molar-refractivity contribution in [2.24, 2.45) is 5.92 Å². The number of ketones is 3. The van der Waals surface area contributed by atoms with E-state index in [1.807, 2.05) is 0 Å². The monoisotopic (exact) mass is 272 g/mol. The molecule has 1 aromatic carbocycles. The molecule has 2 rings (SSSR count). The molecule has 0 saturated heterocycles. The van der Waals surface area contributed by atoms with E-state index < -0.39 is 0 Å². The molecule has 0 aromatic heterocycles. The third kappa shape index (κ3) is 2.29. The highest BCUT2D eigenvalue weighted by molar-refractivity contribution is 6.26. The number of allylic oxidation sites excluding steroid dienone is 2. The van der Waals surface area contributed by atoms with Crippen molar-refractivity contribution < 1.29 is 19.1 Å². The number of methoxy groups -OCH3 is 1. The van der Waals surface area contributed by atoms with Gasteiger partial charge in [-0.05, 0) is 12.8 Å². The second-order valence-electron chi connectivity index (χ2n) is 4.96. The van der Waals surface area contributed by atoms with Crippen LogP contribution in [-0.2, 0) is 9.53 Å². The van der Waals surface area contributed by atoms with Crippen LogP contribution in [0.25, 0.3) is 0 Å². The summed E-state index contributed by atoms with van der Waals surface area (Å²) in [6.07, 6.45) is 0.212. The number of ether oxygens (including phenoxy) is 1. The summed E-state index contributed by atoms with van der Waals surface area (Å²) in [7, 11) is 1.37. The molecule has 0 heterocycles. The van der Waals surface area contributed by atoms with Crippen molar-refractivity contribution in [1.82, 2.24) is 0 Å². The summed E-state index contributed by atoms with van der Waals surface area (Å²) in [6.45, 7) is 3.22. The van der Waals surface area contributed by atoms with E-state index in [9.17, 15) is 14.4 Å². The zero-order valence-electron chi connectivity index (χ0n) is 11.7. The molecule has 1 aliphatic rings. The summed E-state index contributed by atoms with van der Waals surface area (Å²) in [6, 6.07) is 6.67. The lowest BCUT2D eigenvalue weighted by molar-refractivity contribution is -0.117. The Hall–Kier alpha value is -2.23. The molecule has 1 aliphatic carbocycles. The molecular weight excluding hydrogens is 256 g/mol. The minimum absolute atomic E-state index is 0.0282. The first kappa shape index (κ1) is 14.2. The quantitative estimate of drug-likeness (QED) is 0.845. The molecule has 0 radical (unpaired) electrons. The number of rotatable bonds is 4. The molecule has 0 amide bonds. The molecule has 1 unspecified atom stereocenters. The van der Waals surface area contributed by atoms with Crippen LogP contribution in [0.15, 0.2) is 35.6 Å². The topological polar surface area (TPSA) is 60.4 Å². The van der Waals surface area contributed by atoms with Gasteiger partial charge < -0.3 is 9.53 Å². The first-order valence-electron chi connectivity index (χ1n) is 6.43. The molecule has 4 nitrogen and oxygen atoms in total. The van der Waals surface area contributed by atoms with Crippen molar-refractivity contribution in [3.8, 4) is 0 Å². The van der Waals surface area contributed by atoms with Gasteiger partial charge in [-0.15, -0.1) is 0 Å². The second kappa shape index (κ2) is 5.41. The number of benzene rings is 1. The van der Waals surface area contributed by atoms with E-state index in [0.717, 1.165) is 0 Å². The highest BCUT2D eigenvalue weighted by atomic mass is 16.5. The second-order valence-corrected chi connectivity index (χ2v) is 4.96. The average Bonchev–Trinajstić information content (AvgIpc) is 2.41. The Labute approximate surface area is 117 Å². The summed E-state index contributed by atoms with van der Waals surface area (Å²) in [5.41, 5.74) is 1.03. The summed E-state index contributed by atoms with van der Waals surface area (Å²) in [5.74, 6) is -0.840. The fraction of sp³-hybridized carbons (Fsp3) is 0.312. The SMILES string of the molecule is COC1=C(C(C)CC(C)=O)C(=O)c2ccccc2C1=O. The van der Waals surface area contributed by atoms with Gasteiger partial charge in [0.25, 0.3) is 0 Å². The normalized spacial score (nSPS) is 15.9. The summed E-state index contributed by atoms with van der Waals surface area (Å²) >= 11 is 0. The minimum atomic E-state index is -0.341. The molecule has 0 bridgehead atoms. The van der Waals surface area contributed by atoms with Crippen LogP contribution >= 0.6 is 0 Å². The van der Waals surface area contributed by atoms with Gasteiger partial charge in [0.05, 0.1) is 7.11 Å². The first-order chi connectivity index (χ1) is 9.47. The van der Waals surface area contributed by atoms with Gasteiger partial charge in [-0.25, -0.2) is 0 Å². The van der Waals surface area contributed by atoms with Crippen molar-refractivity contribution in [3.63, 3.8) is 0 Å². The highest BCUT2D eigenvalue weighted by Crippen LogP contribution is 2.32. The number of hydrogen-bond acceptors (Lipinski definition) is 4. The van der Waals surface area contributed by atoms with E-state index in [0.29, 0.717) is 16.7 Å². The Kier molecular flexibility index (Phi) is 3.84. The molecule has 0 spiro atoms. The van der Waals surface area contributed by atoms with Crippen LogP contribution in [0.3, 0.4) is 0 Å². The van der Waals surface area contributed by atoms with E-state index >= 15 is 0 Å². The standard InChI is InChI=1S/C16H16O4/c1-9(8-10(2)17)13-14(18)11-6-4-5-7-12(11)15(19)16(13)20-3/h4-7,9H,8H2,1-3H3. The Morgan fingerprint density at radius 3 is 2.20 bits per heavy atom. The molecular formula is C16H16O4. The van der Waals surface area contributed by atoms with E-state index in [-0.39, 0.29) is 35.4 Å². The molecule has 104 valence electrons. The molecule has 1 aromatic rings. The van der Waals surface area contributed by atoms with Crippen LogP contribution < -0.4 is 0 Å².